The topological polar surface area (TPSA) is 117 Å². The van der Waals surface area contributed by atoms with Crippen molar-refractivity contribution in [2.24, 2.45) is 17.8 Å². The Morgan fingerprint density at radius 1 is 1.04 bits per heavy atom. The Labute approximate surface area is 271 Å². The molecule has 0 aromatic heterocycles. The molecule has 2 fully saturated rings. The number of piperidine rings is 1. The van der Waals surface area contributed by atoms with Crippen molar-refractivity contribution >= 4 is 34.8 Å². The number of benzene rings is 2. The maximum Gasteiger partial charge on any atom is 0.416 e. The van der Waals surface area contributed by atoms with Crippen LogP contribution in [0.2, 0.25) is 0 Å². The Morgan fingerprint density at radius 2 is 1.76 bits per heavy atom. The number of hydrogen-bond donors (Lipinski definition) is 2. The summed E-state index contributed by atoms with van der Waals surface area (Å²) in [6, 6.07) is 7.07. The minimum Gasteiger partial charge on any atom is -0.487 e. The molecule has 0 aliphatic carbocycles. The van der Waals surface area contributed by atoms with Crippen LogP contribution in [0, 0.1) is 27.9 Å². The van der Waals surface area contributed by atoms with Crippen LogP contribution < -0.4 is 15.4 Å². The van der Waals surface area contributed by atoms with Gasteiger partial charge in [0, 0.05) is 62.5 Å². The Morgan fingerprint density at radius 3 is 2.41 bits per heavy atom. The van der Waals surface area contributed by atoms with E-state index in [2.05, 4.69) is 29.4 Å². The molecule has 46 heavy (non-hydrogen) atoms. The van der Waals surface area contributed by atoms with E-state index in [1.807, 2.05) is 0 Å². The van der Waals surface area contributed by atoms with Crippen molar-refractivity contribution in [2.45, 2.75) is 45.8 Å². The maximum atomic E-state index is 14.0. The van der Waals surface area contributed by atoms with Crippen LogP contribution in [0.4, 0.5) is 24.5 Å². The van der Waals surface area contributed by atoms with E-state index in [9.17, 15) is 32.9 Å². The lowest BCUT2D eigenvalue weighted by molar-refractivity contribution is -0.385. The fourth-order valence-corrected chi connectivity index (χ4v) is 6.27. The second-order valence-corrected chi connectivity index (χ2v) is 12.8. The van der Waals surface area contributed by atoms with E-state index >= 15 is 0 Å². The van der Waals surface area contributed by atoms with Gasteiger partial charge in [0.1, 0.15) is 0 Å². The summed E-state index contributed by atoms with van der Waals surface area (Å²) in [6.07, 6.45) is -2.13. The van der Waals surface area contributed by atoms with Gasteiger partial charge in [0.25, 0.3) is 5.91 Å². The molecule has 0 spiro atoms. The number of nitrogens with one attached hydrogen (secondary N) is 2. The van der Waals surface area contributed by atoms with Gasteiger partial charge in [-0.25, -0.2) is 0 Å². The monoisotopic (exact) mass is 667 g/mol. The van der Waals surface area contributed by atoms with Gasteiger partial charge in [0.05, 0.1) is 23.0 Å². The number of likely N-dealkylation sites (tertiary alicyclic amines) is 2. The van der Waals surface area contributed by atoms with Crippen LogP contribution in [0.1, 0.15) is 54.6 Å². The van der Waals surface area contributed by atoms with Crippen molar-refractivity contribution < 1.29 is 32.4 Å². The Balaban J connectivity index is 1.29. The lowest BCUT2D eigenvalue weighted by atomic mass is 9.92. The van der Waals surface area contributed by atoms with Crippen molar-refractivity contribution in [3.8, 4) is 5.75 Å². The summed E-state index contributed by atoms with van der Waals surface area (Å²) in [4.78, 5) is 40.4. The summed E-state index contributed by atoms with van der Waals surface area (Å²) in [6.45, 7) is 9.02. The second kappa shape index (κ2) is 15.9. The number of amides is 2. The SMILES string of the molecule is CC1CC(C)CN(CCCNC(=O)C2CN(Cc3ccc(NC(=O)c4ccc(OCCCCl)c([N+](=O)[O-])c4)cc3C(F)(F)F)C2)C1. The Kier molecular flexibility index (Phi) is 12.3. The molecule has 0 saturated carbocycles. The highest BCUT2D eigenvalue weighted by Crippen LogP contribution is 2.36. The minimum atomic E-state index is -4.69. The molecule has 2 aliphatic rings. The van der Waals surface area contributed by atoms with Gasteiger partial charge in [-0.1, -0.05) is 19.9 Å². The Bertz CT molecular complexity index is 1380. The number of nitro benzene ring substituents is 1. The molecule has 4 rings (SSSR count). The van der Waals surface area contributed by atoms with E-state index in [-0.39, 0.29) is 47.5 Å². The number of alkyl halides is 4. The number of ether oxygens (including phenoxy) is 1. The number of anilines is 1. The van der Waals surface area contributed by atoms with Crippen LogP contribution in [0.5, 0.6) is 5.75 Å². The van der Waals surface area contributed by atoms with E-state index < -0.39 is 28.3 Å². The van der Waals surface area contributed by atoms with Crippen LogP contribution in [0.3, 0.4) is 0 Å². The standard InChI is InChI=1S/C32H41ClF3N5O5/c1-21-13-22(2)17-39(16-21)11-4-10-37-30(42)25-19-40(20-25)18-24-5-7-26(15-27(24)32(34,35)36)38-31(43)23-6-8-29(46-12-3-9-33)28(14-23)41(44)45/h5-8,14-15,21-22,25H,3-4,9-13,16-20H2,1-2H3,(H,37,42)(H,38,43). The zero-order chi connectivity index (χ0) is 33.4. The highest BCUT2D eigenvalue weighted by Gasteiger charge is 2.37. The van der Waals surface area contributed by atoms with Gasteiger partial charge in [-0.3, -0.25) is 24.6 Å². The average molecular weight is 668 g/mol. The largest absolute Gasteiger partial charge is 0.487 e. The van der Waals surface area contributed by atoms with Crippen molar-refractivity contribution in [3.63, 3.8) is 0 Å². The van der Waals surface area contributed by atoms with E-state index in [4.69, 9.17) is 16.3 Å². The fourth-order valence-electron chi connectivity index (χ4n) is 6.16. The molecule has 252 valence electrons. The van der Waals surface area contributed by atoms with Crippen molar-refractivity contribution in [1.82, 2.24) is 15.1 Å². The molecule has 2 atom stereocenters. The molecule has 2 heterocycles. The molecular formula is C32H41ClF3N5O5. The molecule has 2 aromatic carbocycles. The molecule has 2 amide bonds. The summed E-state index contributed by atoms with van der Waals surface area (Å²) >= 11 is 5.60. The summed E-state index contributed by atoms with van der Waals surface area (Å²) < 4.78 is 47.5. The molecular weight excluding hydrogens is 627 g/mol. The number of carbonyl (C=O) groups is 2. The fraction of sp³-hybridized carbons (Fsp3) is 0.562. The normalized spacial score (nSPS) is 19.3. The highest BCUT2D eigenvalue weighted by molar-refractivity contribution is 6.17. The zero-order valence-electron chi connectivity index (χ0n) is 26.1. The summed E-state index contributed by atoms with van der Waals surface area (Å²) in [5.41, 5.74) is -1.57. The molecule has 2 N–H and O–H groups in total. The molecule has 2 saturated heterocycles. The first-order valence-electron chi connectivity index (χ1n) is 15.5. The third-order valence-corrected chi connectivity index (χ3v) is 8.51. The van der Waals surface area contributed by atoms with E-state index in [0.29, 0.717) is 43.8 Å². The van der Waals surface area contributed by atoms with Crippen LogP contribution in [0.15, 0.2) is 36.4 Å². The predicted octanol–water partition coefficient (Wildman–Crippen LogP) is 5.79. The Hall–Kier alpha value is -3.42. The van der Waals surface area contributed by atoms with Gasteiger partial charge in [-0.05, 0) is 67.5 Å². The van der Waals surface area contributed by atoms with Crippen molar-refractivity contribution in [3.05, 3.63) is 63.2 Å². The molecule has 2 aromatic rings. The first kappa shape index (κ1) is 35.4. The third kappa shape index (κ3) is 9.79. The van der Waals surface area contributed by atoms with Crippen LogP contribution in [-0.2, 0) is 17.5 Å². The molecule has 2 unspecified atom stereocenters. The van der Waals surface area contributed by atoms with Gasteiger partial charge < -0.3 is 20.3 Å². The van der Waals surface area contributed by atoms with Crippen molar-refractivity contribution in [1.29, 1.82) is 0 Å². The molecule has 10 nitrogen and oxygen atoms in total. The third-order valence-electron chi connectivity index (χ3n) is 8.24. The number of hydrogen-bond acceptors (Lipinski definition) is 7. The first-order chi connectivity index (χ1) is 21.8. The number of carbonyl (C=O) groups excluding carboxylic acids is 2. The highest BCUT2D eigenvalue weighted by atomic mass is 35.5. The van der Waals surface area contributed by atoms with Crippen molar-refractivity contribution in [2.75, 3.05) is 57.1 Å². The van der Waals surface area contributed by atoms with E-state index in [1.165, 1.54) is 30.7 Å². The maximum absolute atomic E-state index is 14.0. The van der Waals surface area contributed by atoms with Crippen LogP contribution >= 0.6 is 11.6 Å². The van der Waals surface area contributed by atoms with E-state index in [1.54, 1.807) is 4.90 Å². The zero-order valence-corrected chi connectivity index (χ0v) is 26.8. The number of nitrogens with zero attached hydrogens (tertiary/aromatic N) is 3. The number of rotatable bonds is 14. The van der Waals surface area contributed by atoms with Gasteiger partial charge in [-0.15, -0.1) is 11.6 Å². The molecule has 2 aliphatic heterocycles. The van der Waals surface area contributed by atoms with Gasteiger partial charge in [0.15, 0.2) is 5.75 Å². The molecule has 0 radical (unpaired) electrons. The van der Waals surface area contributed by atoms with Crippen LogP contribution in [0.25, 0.3) is 0 Å². The number of halogens is 4. The lowest BCUT2D eigenvalue weighted by Crippen LogP contribution is -2.53. The summed E-state index contributed by atoms with van der Waals surface area (Å²) in [5, 5.41) is 16.9. The van der Waals surface area contributed by atoms with Crippen LogP contribution in [-0.4, -0.2) is 78.3 Å². The quantitative estimate of drug-likeness (QED) is 0.113. The smallest absolute Gasteiger partial charge is 0.416 e. The number of nitro groups is 1. The minimum absolute atomic E-state index is 0.00441. The van der Waals surface area contributed by atoms with E-state index in [0.717, 1.165) is 38.2 Å². The van der Waals surface area contributed by atoms with Gasteiger partial charge in [-0.2, -0.15) is 13.2 Å². The second-order valence-electron chi connectivity index (χ2n) is 12.4. The molecule has 14 heteroatoms. The summed E-state index contributed by atoms with van der Waals surface area (Å²) in [5.74, 6) is 0.445. The predicted molar refractivity (Wildman–Crippen MR) is 169 cm³/mol. The van der Waals surface area contributed by atoms with Gasteiger partial charge >= 0.3 is 11.9 Å². The molecule has 0 bridgehead atoms. The lowest BCUT2D eigenvalue weighted by Gasteiger charge is -2.38. The average Bonchev–Trinajstić information content (AvgIpc) is 2.96. The first-order valence-corrected chi connectivity index (χ1v) is 16.1. The van der Waals surface area contributed by atoms with Gasteiger partial charge in [0.2, 0.25) is 5.91 Å². The summed E-state index contributed by atoms with van der Waals surface area (Å²) in [7, 11) is 0.